The minimum atomic E-state index is 0.791. The van der Waals surface area contributed by atoms with E-state index in [0.29, 0.717) is 0 Å². The van der Waals surface area contributed by atoms with E-state index >= 15 is 0 Å². The number of carbonyl (C=O) groups excluding carboxylic acids is 1. The van der Waals surface area contributed by atoms with Crippen LogP contribution in [0.1, 0.15) is 19.8 Å². The molecule has 0 atom stereocenters. The van der Waals surface area contributed by atoms with E-state index in [1.54, 1.807) is 0 Å². The van der Waals surface area contributed by atoms with Gasteiger partial charge in [-0.05, 0) is 17.0 Å². The third kappa shape index (κ3) is 4.06. The van der Waals surface area contributed by atoms with Crippen LogP contribution in [-0.2, 0) is 4.79 Å². The third-order valence-corrected chi connectivity index (χ3v) is 1.40. The summed E-state index contributed by atoms with van der Waals surface area (Å²) in [5, 5.41) is 0. The number of hydrogen-bond donors (Lipinski definition) is 0. The summed E-state index contributed by atoms with van der Waals surface area (Å²) in [4.78, 5) is 9.78. The molecule has 1 nitrogen and oxygen atoms in total. The molecule has 0 aromatic rings. The van der Waals surface area contributed by atoms with Crippen LogP contribution in [0.2, 0.25) is 0 Å². The zero-order valence-electron chi connectivity index (χ0n) is 4.86. The molecule has 0 aromatic carbocycles. The van der Waals surface area contributed by atoms with Crippen molar-refractivity contribution >= 4 is 22.2 Å². The predicted octanol–water partition coefficient (Wildman–Crippen LogP) is 2.26. The third-order valence-electron chi connectivity index (χ3n) is 0.738. The van der Waals surface area contributed by atoms with Gasteiger partial charge in [-0.3, -0.25) is 4.79 Å². The molecule has 0 radical (unpaired) electrons. The van der Waals surface area contributed by atoms with Gasteiger partial charge in [-0.25, -0.2) is 0 Å². The largest absolute Gasteiger partial charge is 0.299 e. The highest BCUT2D eigenvalue weighted by molar-refractivity contribution is 9.11. The van der Waals surface area contributed by atoms with E-state index in [2.05, 4.69) is 22.9 Å². The number of halogens is 1. The minimum absolute atomic E-state index is 0.791. The van der Waals surface area contributed by atoms with Gasteiger partial charge in [-0.2, -0.15) is 0 Å². The molecule has 0 aliphatic carbocycles. The van der Waals surface area contributed by atoms with Gasteiger partial charge in [0.25, 0.3) is 0 Å². The Morgan fingerprint density at radius 1 is 1.75 bits per heavy atom. The van der Waals surface area contributed by atoms with Crippen LogP contribution in [0.4, 0.5) is 0 Å². The highest BCUT2D eigenvalue weighted by Gasteiger charge is 1.84. The van der Waals surface area contributed by atoms with Crippen LogP contribution in [0.3, 0.4) is 0 Å². The molecule has 0 N–H and O–H groups in total. The van der Waals surface area contributed by atoms with Crippen LogP contribution >= 0.6 is 15.9 Å². The Balaban J connectivity index is 3.44. The predicted molar refractivity (Wildman–Crippen MR) is 38.0 cm³/mol. The lowest BCUT2D eigenvalue weighted by Crippen LogP contribution is -1.70. The molecule has 0 saturated heterocycles. The van der Waals surface area contributed by atoms with Gasteiger partial charge >= 0.3 is 0 Å². The molecule has 46 valence electrons. The van der Waals surface area contributed by atoms with Crippen molar-refractivity contribution in [2.75, 3.05) is 0 Å². The van der Waals surface area contributed by atoms with Crippen molar-refractivity contribution in [3.63, 3.8) is 0 Å². The summed E-state index contributed by atoms with van der Waals surface area (Å²) in [7, 11) is 0. The first kappa shape index (κ1) is 7.89. The summed E-state index contributed by atoms with van der Waals surface area (Å²) in [6, 6.07) is 0. The lowest BCUT2D eigenvalue weighted by atomic mass is 10.3. The SMILES string of the molecule is CCC/C(Br)=C/C=O. The number of aldehydes is 1. The van der Waals surface area contributed by atoms with Crippen molar-refractivity contribution in [3.05, 3.63) is 10.6 Å². The average Bonchev–Trinajstić information content (AvgIpc) is 1.68. The lowest BCUT2D eigenvalue weighted by Gasteiger charge is -1.88. The van der Waals surface area contributed by atoms with Crippen molar-refractivity contribution in [2.45, 2.75) is 19.8 Å². The van der Waals surface area contributed by atoms with Crippen LogP contribution < -0.4 is 0 Å². The first-order valence-electron chi connectivity index (χ1n) is 2.61. The van der Waals surface area contributed by atoms with Crippen LogP contribution in [0.15, 0.2) is 10.6 Å². The number of rotatable bonds is 3. The first-order valence-corrected chi connectivity index (χ1v) is 3.40. The van der Waals surface area contributed by atoms with Crippen LogP contribution in [0, 0.1) is 0 Å². The Labute approximate surface area is 57.9 Å². The van der Waals surface area contributed by atoms with Crippen LogP contribution in [-0.4, -0.2) is 6.29 Å². The van der Waals surface area contributed by atoms with E-state index < -0.39 is 0 Å². The fraction of sp³-hybridized carbons (Fsp3) is 0.500. The molecule has 0 aromatic heterocycles. The first-order chi connectivity index (χ1) is 3.81. The quantitative estimate of drug-likeness (QED) is 0.477. The van der Waals surface area contributed by atoms with Gasteiger partial charge < -0.3 is 0 Å². The van der Waals surface area contributed by atoms with E-state index in [1.807, 2.05) is 0 Å². The molecule has 0 aliphatic heterocycles. The Kier molecular flexibility index (Phi) is 4.97. The summed E-state index contributed by atoms with van der Waals surface area (Å²) in [6.07, 6.45) is 4.35. The second-order valence-electron chi connectivity index (χ2n) is 1.50. The molecule has 0 amide bonds. The highest BCUT2D eigenvalue weighted by Crippen LogP contribution is 2.10. The van der Waals surface area contributed by atoms with E-state index in [9.17, 15) is 4.79 Å². The van der Waals surface area contributed by atoms with Gasteiger partial charge in [0.15, 0.2) is 0 Å². The molecule has 0 unspecified atom stereocenters. The Morgan fingerprint density at radius 2 is 2.38 bits per heavy atom. The minimum Gasteiger partial charge on any atom is -0.299 e. The average molecular weight is 177 g/mol. The summed E-state index contributed by atoms with van der Waals surface area (Å²) in [5.74, 6) is 0. The van der Waals surface area contributed by atoms with Crippen molar-refractivity contribution in [1.29, 1.82) is 0 Å². The van der Waals surface area contributed by atoms with Gasteiger partial charge in [0.2, 0.25) is 0 Å². The molecule has 0 fully saturated rings. The maximum Gasteiger partial charge on any atom is 0.143 e. The molecule has 0 aliphatic rings. The van der Waals surface area contributed by atoms with Crippen molar-refractivity contribution in [2.24, 2.45) is 0 Å². The lowest BCUT2D eigenvalue weighted by molar-refractivity contribution is -0.104. The highest BCUT2D eigenvalue weighted by atomic mass is 79.9. The van der Waals surface area contributed by atoms with Crippen LogP contribution in [0.5, 0.6) is 0 Å². The fourth-order valence-corrected chi connectivity index (χ4v) is 0.900. The van der Waals surface area contributed by atoms with Gasteiger partial charge in [-0.15, -0.1) is 0 Å². The summed E-state index contributed by atoms with van der Waals surface area (Å²) in [5.41, 5.74) is 0. The summed E-state index contributed by atoms with van der Waals surface area (Å²) >= 11 is 3.23. The molecular weight excluding hydrogens is 168 g/mol. The molecule has 0 saturated carbocycles. The maximum absolute atomic E-state index is 9.78. The van der Waals surface area contributed by atoms with Crippen LogP contribution in [0.25, 0.3) is 0 Å². The van der Waals surface area contributed by atoms with Gasteiger partial charge in [0, 0.05) is 0 Å². The van der Waals surface area contributed by atoms with E-state index in [4.69, 9.17) is 0 Å². The molecule has 0 heterocycles. The van der Waals surface area contributed by atoms with Crippen molar-refractivity contribution in [1.82, 2.24) is 0 Å². The molecular formula is C6H9BrO. The number of hydrogen-bond acceptors (Lipinski definition) is 1. The summed E-state index contributed by atoms with van der Waals surface area (Å²) in [6.45, 7) is 2.07. The standard InChI is InChI=1S/C6H9BrO/c1-2-3-6(7)4-5-8/h4-5H,2-3H2,1H3/b6-4-. The second kappa shape index (κ2) is 5.04. The van der Waals surface area contributed by atoms with E-state index in [0.717, 1.165) is 23.6 Å². The monoisotopic (exact) mass is 176 g/mol. The zero-order valence-corrected chi connectivity index (χ0v) is 6.44. The van der Waals surface area contributed by atoms with Gasteiger partial charge in [-0.1, -0.05) is 29.3 Å². The molecule has 2 heteroatoms. The van der Waals surface area contributed by atoms with Gasteiger partial charge in [0.1, 0.15) is 6.29 Å². The Morgan fingerprint density at radius 3 is 2.75 bits per heavy atom. The fourth-order valence-electron chi connectivity index (χ4n) is 0.396. The Bertz CT molecular complexity index is 96.7. The second-order valence-corrected chi connectivity index (χ2v) is 2.52. The molecule has 0 spiro atoms. The normalized spacial score (nSPS) is 11.5. The molecule has 0 rings (SSSR count). The van der Waals surface area contributed by atoms with E-state index in [1.165, 1.54) is 6.08 Å². The molecule has 0 bridgehead atoms. The van der Waals surface area contributed by atoms with E-state index in [-0.39, 0.29) is 0 Å². The van der Waals surface area contributed by atoms with Gasteiger partial charge in [0.05, 0.1) is 0 Å². The smallest absolute Gasteiger partial charge is 0.143 e. The zero-order chi connectivity index (χ0) is 6.41. The molecule has 8 heavy (non-hydrogen) atoms. The van der Waals surface area contributed by atoms with Crippen molar-refractivity contribution < 1.29 is 4.79 Å². The van der Waals surface area contributed by atoms with Crippen molar-refractivity contribution in [3.8, 4) is 0 Å². The topological polar surface area (TPSA) is 17.1 Å². The number of allylic oxidation sites excluding steroid dienone is 2. The summed E-state index contributed by atoms with van der Waals surface area (Å²) < 4.78 is 0.981. The number of carbonyl (C=O) groups is 1. The Hall–Kier alpha value is -0.110. The maximum atomic E-state index is 9.78.